The summed E-state index contributed by atoms with van der Waals surface area (Å²) in [5.41, 5.74) is 5.32. The summed E-state index contributed by atoms with van der Waals surface area (Å²) < 4.78 is 11.3. The summed E-state index contributed by atoms with van der Waals surface area (Å²) in [6.45, 7) is 10.2. The van der Waals surface area contributed by atoms with Gasteiger partial charge in [-0.15, -0.1) is 0 Å². The molecule has 0 spiro atoms. The van der Waals surface area contributed by atoms with E-state index in [2.05, 4.69) is 19.3 Å². The number of fused-ring (bicyclic) bond motifs is 3. The number of anilines is 1. The molecule has 10 nitrogen and oxygen atoms in total. The first-order chi connectivity index (χ1) is 18.2. The number of rotatable bonds is 1. The van der Waals surface area contributed by atoms with Gasteiger partial charge >= 0.3 is 18.0 Å². The lowest BCUT2D eigenvalue weighted by molar-refractivity contribution is -0.157. The third kappa shape index (κ3) is 6.65. The zero-order valence-electron chi connectivity index (χ0n) is 23.6. The molecule has 1 saturated heterocycles. The highest BCUT2D eigenvalue weighted by Gasteiger charge is 2.46. The van der Waals surface area contributed by atoms with Gasteiger partial charge in [-0.25, -0.2) is 14.6 Å². The molecule has 2 amide bonds. The molecule has 1 aromatic rings. The number of esters is 1. The van der Waals surface area contributed by atoms with Crippen molar-refractivity contribution in [2.75, 3.05) is 18.6 Å². The van der Waals surface area contributed by atoms with Gasteiger partial charge in [-0.1, -0.05) is 59.2 Å². The van der Waals surface area contributed by atoms with Crippen LogP contribution in [-0.2, 0) is 36.8 Å². The molecular weight excluding hydrogens is 502 g/mol. The van der Waals surface area contributed by atoms with E-state index in [-0.39, 0.29) is 31.4 Å². The highest BCUT2D eigenvalue weighted by molar-refractivity contribution is 5.89. The normalized spacial score (nSPS) is 26.5. The molecule has 4 rings (SSSR count). The van der Waals surface area contributed by atoms with Gasteiger partial charge in [-0.05, 0) is 41.2 Å². The second-order valence-corrected chi connectivity index (χ2v) is 12.9. The summed E-state index contributed by atoms with van der Waals surface area (Å²) in [6.07, 6.45) is 2.00. The number of cyclic esters (lactones) is 1. The molecular formula is C29H41N3O7. The topological polar surface area (TPSA) is 125 Å². The van der Waals surface area contributed by atoms with Crippen molar-refractivity contribution in [2.24, 2.45) is 16.7 Å². The molecule has 3 aliphatic heterocycles. The number of hydrogen-bond acceptors (Lipinski definition) is 7. The van der Waals surface area contributed by atoms with E-state index >= 15 is 0 Å². The molecule has 0 saturated carbocycles. The molecule has 3 atom stereocenters. The van der Waals surface area contributed by atoms with Gasteiger partial charge in [0, 0.05) is 6.42 Å². The van der Waals surface area contributed by atoms with Crippen molar-refractivity contribution in [3.63, 3.8) is 0 Å². The zero-order valence-corrected chi connectivity index (χ0v) is 23.6. The van der Waals surface area contributed by atoms with E-state index in [1.54, 1.807) is 0 Å². The molecule has 2 N–H and O–H groups in total. The number of carboxylic acids is 1. The summed E-state index contributed by atoms with van der Waals surface area (Å²) in [5.74, 6) is -2.89. The van der Waals surface area contributed by atoms with Gasteiger partial charge in [-0.3, -0.25) is 15.0 Å². The lowest BCUT2D eigenvalue weighted by Gasteiger charge is -2.34. The smallest absolute Gasteiger partial charge is 0.429 e. The van der Waals surface area contributed by atoms with Crippen LogP contribution < -0.4 is 5.43 Å². The second-order valence-electron chi connectivity index (χ2n) is 12.9. The molecule has 0 aromatic heterocycles. The molecule has 4 bridgehead atoms. The standard InChI is InChI=1S/C29H41N3O7/c1-28(2,3)21-14-23(33)38-17-29(4,5)12-7-6-9-18-10-8-11-19-15-32(30-24(18)19)27(37)39-20-13-22(26(35)36)31(16-20)25(21)34/h8,10-11,20-22,30H,6-7,9,12-17H2,1-5H3,(H,35,36)/t20-,21-,22+/m1/s1. The Morgan fingerprint density at radius 1 is 1.13 bits per heavy atom. The van der Waals surface area contributed by atoms with E-state index < -0.39 is 47.4 Å². The van der Waals surface area contributed by atoms with Crippen LogP contribution in [0.3, 0.4) is 0 Å². The minimum atomic E-state index is -1.17. The zero-order chi connectivity index (χ0) is 28.5. The van der Waals surface area contributed by atoms with E-state index in [1.165, 1.54) is 9.91 Å². The fourth-order valence-corrected chi connectivity index (χ4v) is 5.62. The molecule has 10 heteroatoms. The Morgan fingerprint density at radius 2 is 1.85 bits per heavy atom. The van der Waals surface area contributed by atoms with Crippen LogP contribution in [0.25, 0.3) is 0 Å². The number of carbonyl (C=O) groups is 4. The summed E-state index contributed by atoms with van der Waals surface area (Å²) in [7, 11) is 0. The Balaban J connectivity index is 1.61. The van der Waals surface area contributed by atoms with Crippen LogP contribution in [0.5, 0.6) is 0 Å². The number of carboxylic acid groups (broad SMARTS) is 1. The molecule has 0 unspecified atom stereocenters. The molecule has 1 aromatic carbocycles. The maximum atomic E-state index is 13.7. The number of ether oxygens (including phenoxy) is 2. The van der Waals surface area contributed by atoms with Gasteiger partial charge in [0.2, 0.25) is 5.91 Å². The number of para-hydroxylation sites is 1. The third-order valence-corrected chi connectivity index (χ3v) is 8.02. The van der Waals surface area contributed by atoms with E-state index in [9.17, 15) is 24.3 Å². The first kappa shape index (κ1) is 28.7. The van der Waals surface area contributed by atoms with Gasteiger partial charge < -0.3 is 19.5 Å². The number of hydrogen-bond donors (Lipinski definition) is 2. The van der Waals surface area contributed by atoms with Crippen molar-refractivity contribution >= 4 is 29.6 Å². The Kier molecular flexibility index (Phi) is 8.14. The quantitative estimate of drug-likeness (QED) is 0.500. The molecule has 214 valence electrons. The predicted molar refractivity (Wildman–Crippen MR) is 143 cm³/mol. The Hall–Kier alpha value is -3.30. The number of aryl methyl sites for hydroxylation is 1. The summed E-state index contributed by atoms with van der Waals surface area (Å²) in [4.78, 5) is 53.1. The summed E-state index contributed by atoms with van der Waals surface area (Å²) in [6, 6.07) is 4.84. The fourth-order valence-electron chi connectivity index (χ4n) is 5.62. The van der Waals surface area contributed by atoms with Crippen molar-refractivity contribution in [2.45, 2.75) is 91.8 Å². The number of hydrazine groups is 1. The van der Waals surface area contributed by atoms with Crippen molar-refractivity contribution in [1.82, 2.24) is 9.91 Å². The lowest BCUT2D eigenvalue weighted by Crippen LogP contribution is -2.47. The lowest BCUT2D eigenvalue weighted by atomic mass is 9.77. The first-order valence-corrected chi connectivity index (χ1v) is 13.8. The molecule has 0 radical (unpaired) electrons. The number of benzene rings is 1. The van der Waals surface area contributed by atoms with Gasteiger partial charge in [-0.2, -0.15) is 0 Å². The SMILES string of the molecule is CC1(C)CCCCc2cccc3c2NN(C3)C(=O)O[C@@H]2C[C@@H](C(=O)O)N(C2)C(=O)[C@H](C(C)(C)C)CC(=O)OC1. The van der Waals surface area contributed by atoms with E-state index in [0.717, 1.165) is 42.5 Å². The van der Waals surface area contributed by atoms with E-state index in [1.807, 2.05) is 39.0 Å². The Bertz CT molecular complexity index is 1130. The predicted octanol–water partition coefficient (Wildman–Crippen LogP) is 4.37. The third-order valence-electron chi connectivity index (χ3n) is 8.02. The van der Waals surface area contributed by atoms with Crippen LogP contribution in [0.4, 0.5) is 10.5 Å². The van der Waals surface area contributed by atoms with Crippen molar-refractivity contribution in [1.29, 1.82) is 0 Å². The Labute approximate surface area is 230 Å². The summed E-state index contributed by atoms with van der Waals surface area (Å²) in [5, 5.41) is 11.3. The largest absolute Gasteiger partial charge is 0.480 e. The van der Waals surface area contributed by atoms with E-state index in [0.29, 0.717) is 6.54 Å². The van der Waals surface area contributed by atoms with Crippen LogP contribution in [0.2, 0.25) is 0 Å². The monoisotopic (exact) mass is 543 g/mol. The average Bonchev–Trinajstić information content (AvgIpc) is 3.47. The molecule has 3 heterocycles. The van der Waals surface area contributed by atoms with Crippen LogP contribution in [-0.4, -0.2) is 64.3 Å². The van der Waals surface area contributed by atoms with Crippen molar-refractivity contribution < 1.29 is 33.8 Å². The highest BCUT2D eigenvalue weighted by atomic mass is 16.6. The number of carbonyl (C=O) groups excluding carboxylic acids is 3. The van der Waals surface area contributed by atoms with Crippen LogP contribution in [0, 0.1) is 16.7 Å². The van der Waals surface area contributed by atoms with Crippen LogP contribution in [0.15, 0.2) is 18.2 Å². The van der Waals surface area contributed by atoms with Gasteiger partial charge in [0.05, 0.1) is 37.7 Å². The maximum Gasteiger partial charge on any atom is 0.429 e. The molecule has 39 heavy (non-hydrogen) atoms. The van der Waals surface area contributed by atoms with Gasteiger partial charge in [0.1, 0.15) is 12.1 Å². The number of nitrogens with one attached hydrogen (secondary N) is 1. The fraction of sp³-hybridized carbons (Fsp3) is 0.655. The minimum absolute atomic E-state index is 0.0195. The summed E-state index contributed by atoms with van der Waals surface area (Å²) >= 11 is 0. The van der Waals surface area contributed by atoms with Gasteiger partial charge in [0.15, 0.2) is 0 Å². The minimum Gasteiger partial charge on any atom is -0.480 e. The van der Waals surface area contributed by atoms with Crippen LogP contribution >= 0.6 is 0 Å². The van der Waals surface area contributed by atoms with Crippen LogP contribution in [0.1, 0.15) is 77.8 Å². The van der Waals surface area contributed by atoms with Crippen molar-refractivity contribution in [3.8, 4) is 0 Å². The number of aliphatic carboxylic acids is 1. The molecule has 0 aliphatic carbocycles. The maximum absolute atomic E-state index is 13.7. The van der Waals surface area contributed by atoms with Crippen molar-refractivity contribution in [3.05, 3.63) is 29.3 Å². The second kappa shape index (κ2) is 11.1. The Morgan fingerprint density at radius 3 is 2.54 bits per heavy atom. The first-order valence-electron chi connectivity index (χ1n) is 13.8. The number of nitrogens with zero attached hydrogens (tertiary/aromatic N) is 2. The average molecular weight is 544 g/mol. The number of amides is 2. The highest BCUT2D eigenvalue weighted by Crippen LogP contribution is 2.36. The van der Waals surface area contributed by atoms with E-state index in [4.69, 9.17) is 9.47 Å². The molecule has 1 fully saturated rings. The molecule has 3 aliphatic rings. The van der Waals surface area contributed by atoms with Gasteiger partial charge in [0.25, 0.3) is 0 Å².